The Morgan fingerprint density at radius 1 is 1.39 bits per heavy atom. The van der Waals surface area contributed by atoms with Gasteiger partial charge in [-0.1, -0.05) is 13.8 Å². The minimum absolute atomic E-state index is 0.742. The van der Waals surface area contributed by atoms with Crippen molar-refractivity contribution < 1.29 is 4.42 Å². The highest BCUT2D eigenvalue weighted by atomic mass is 16.3. The quantitative estimate of drug-likeness (QED) is 0.768. The molecule has 0 spiro atoms. The van der Waals surface area contributed by atoms with Crippen molar-refractivity contribution in [3.05, 3.63) is 23.2 Å². The number of hydrogen-bond donors (Lipinski definition) is 1. The predicted octanol–water partition coefficient (Wildman–Crippen LogP) is 3.07. The molecule has 0 unspecified atom stereocenters. The van der Waals surface area contributed by atoms with Gasteiger partial charge in [-0.2, -0.15) is 0 Å². The van der Waals surface area contributed by atoms with E-state index in [4.69, 9.17) is 4.42 Å². The molecule has 3 nitrogen and oxygen atoms in total. The van der Waals surface area contributed by atoms with E-state index in [1.807, 2.05) is 0 Å². The Balaban J connectivity index is 1.89. The maximum Gasteiger partial charge on any atom is 0.118 e. The van der Waals surface area contributed by atoms with Crippen molar-refractivity contribution in [3.63, 3.8) is 0 Å². The van der Waals surface area contributed by atoms with E-state index in [1.54, 1.807) is 0 Å². The Labute approximate surface area is 111 Å². The summed E-state index contributed by atoms with van der Waals surface area (Å²) in [6.45, 7) is 10.7. The Hall–Kier alpha value is -0.800. The van der Waals surface area contributed by atoms with Gasteiger partial charge in [0.25, 0.3) is 0 Å². The topological polar surface area (TPSA) is 28.4 Å². The lowest BCUT2D eigenvalue weighted by Crippen LogP contribution is -2.23. The van der Waals surface area contributed by atoms with Crippen molar-refractivity contribution in [2.75, 3.05) is 13.1 Å². The summed E-state index contributed by atoms with van der Waals surface area (Å²) in [5, 5.41) is 3.50. The van der Waals surface area contributed by atoms with Crippen LogP contribution in [0.15, 0.2) is 10.5 Å². The zero-order valence-corrected chi connectivity index (χ0v) is 12.0. The molecule has 1 aromatic rings. The average molecular weight is 250 g/mol. The number of hydrogen-bond acceptors (Lipinski definition) is 3. The minimum atomic E-state index is 0.742. The molecule has 18 heavy (non-hydrogen) atoms. The second-order valence-electron chi connectivity index (χ2n) is 5.32. The van der Waals surface area contributed by atoms with Gasteiger partial charge >= 0.3 is 0 Å². The fraction of sp³-hybridized carbons (Fsp3) is 0.733. The van der Waals surface area contributed by atoms with Gasteiger partial charge in [0, 0.05) is 18.2 Å². The molecule has 1 aliphatic rings. The van der Waals surface area contributed by atoms with Crippen LogP contribution in [-0.2, 0) is 13.1 Å². The van der Waals surface area contributed by atoms with Crippen LogP contribution in [-0.4, -0.2) is 24.0 Å². The Kier molecular flexibility index (Phi) is 4.84. The molecule has 0 aliphatic heterocycles. The van der Waals surface area contributed by atoms with Gasteiger partial charge in [0.2, 0.25) is 0 Å². The third-order valence-electron chi connectivity index (χ3n) is 3.59. The van der Waals surface area contributed by atoms with Crippen molar-refractivity contribution in [1.82, 2.24) is 10.2 Å². The molecule has 0 aromatic carbocycles. The lowest BCUT2D eigenvalue weighted by Gasteiger charge is -2.18. The van der Waals surface area contributed by atoms with Gasteiger partial charge in [-0.3, -0.25) is 4.90 Å². The number of rotatable bonds is 8. The summed E-state index contributed by atoms with van der Waals surface area (Å²) in [6.07, 6.45) is 3.86. The molecule has 1 heterocycles. The molecule has 0 saturated heterocycles. The fourth-order valence-electron chi connectivity index (χ4n) is 2.27. The molecule has 1 fully saturated rings. The maximum absolute atomic E-state index is 5.83. The van der Waals surface area contributed by atoms with Crippen molar-refractivity contribution >= 4 is 0 Å². The first-order valence-corrected chi connectivity index (χ1v) is 7.26. The van der Waals surface area contributed by atoms with E-state index in [0.717, 1.165) is 43.7 Å². The molecule has 0 radical (unpaired) electrons. The highest BCUT2D eigenvalue weighted by molar-refractivity contribution is 5.20. The van der Waals surface area contributed by atoms with Gasteiger partial charge in [-0.25, -0.2) is 0 Å². The second kappa shape index (κ2) is 6.39. The molecule has 1 saturated carbocycles. The summed E-state index contributed by atoms with van der Waals surface area (Å²) < 4.78 is 5.83. The molecule has 0 atom stereocenters. The van der Waals surface area contributed by atoms with Gasteiger partial charge < -0.3 is 9.73 Å². The molecule has 2 rings (SSSR count). The van der Waals surface area contributed by atoms with Crippen LogP contribution in [0, 0.1) is 6.92 Å². The number of furan rings is 1. The smallest absolute Gasteiger partial charge is 0.118 e. The number of nitrogens with one attached hydrogen (secondary N) is 1. The van der Waals surface area contributed by atoms with Crippen molar-refractivity contribution in [2.24, 2.45) is 0 Å². The van der Waals surface area contributed by atoms with Crippen molar-refractivity contribution in [3.8, 4) is 0 Å². The molecular weight excluding hydrogens is 224 g/mol. The highest BCUT2D eigenvalue weighted by Gasteiger charge is 2.21. The van der Waals surface area contributed by atoms with E-state index in [0.29, 0.717) is 0 Å². The van der Waals surface area contributed by atoms with Crippen LogP contribution in [0.1, 0.15) is 50.2 Å². The maximum atomic E-state index is 5.83. The lowest BCUT2D eigenvalue weighted by atomic mass is 10.2. The lowest BCUT2D eigenvalue weighted by molar-refractivity contribution is 0.278. The van der Waals surface area contributed by atoms with E-state index in [-0.39, 0.29) is 0 Å². The van der Waals surface area contributed by atoms with E-state index in [9.17, 15) is 0 Å². The van der Waals surface area contributed by atoms with E-state index in [2.05, 4.69) is 37.1 Å². The first-order valence-electron chi connectivity index (χ1n) is 7.26. The molecule has 1 aromatic heterocycles. The molecule has 3 heteroatoms. The van der Waals surface area contributed by atoms with Crippen LogP contribution in [0.2, 0.25) is 0 Å². The molecule has 102 valence electrons. The summed E-state index contributed by atoms with van der Waals surface area (Å²) in [4.78, 5) is 2.47. The third kappa shape index (κ3) is 3.85. The molecule has 0 bridgehead atoms. The summed E-state index contributed by atoms with van der Waals surface area (Å²) in [5.74, 6) is 2.17. The summed E-state index contributed by atoms with van der Waals surface area (Å²) in [6, 6.07) is 2.97. The van der Waals surface area contributed by atoms with Crippen LogP contribution in [0.4, 0.5) is 0 Å². The van der Waals surface area contributed by atoms with Crippen molar-refractivity contribution in [2.45, 2.75) is 59.2 Å². The Morgan fingerprint density at radius 2 is 2.17 bits per heavy atom. The Morgan fingerprint density at radius 3 is 2.78 bits per heavy atom. The van der Waals surface area contributed by atoms with E-state index in [1.165, 1.54) is 24.8 Å². The van der Waals surface area contributed by atoms with Gasteiger partial charge in [0.1, 0.15) is 11.5 Å². The first kappa shape index (κ1) is 13.6. The Bertz CT molecular complexity index is 369. The first-order chi connectivity index (χ1) is 8.72. The zero-order valence-electron chi connectivity index (χ0n) is 12.0. The van der Waals surface area contributed by atoms with Crippen LogP contribution < -0.4 is 5.32 Å². The highest BCUT2D eigenvalue weighted by Crippen LogP contribution is 2.21. The van der Waals surface area contributed by atoms with E-state index >= 15 is 0 Å². The summed E-state index contributed by atoms with van der Waals surface area (Å²) in [7, 11) is 0. The summed E-state index contributed by atoms with van der Waals surface area (Å²) >= 11 is 0. The van der Waals surface area contributed by atoms with Crippen LogP contribution in [0.5, 0.6) is 0 Å². The summed E-state index contributed by atoms with van der Waals surface area (Å²) in [5.41, 5.74) is 1.35. The molecule has 1 aliphatic carbocycles. The van der Waals surface area contributed by atoms with Crippen LogP contribution in [0.3, 0.4) is 0 Å². The molecule has 1 N–H and O–H groups in total. The normalized spacial score (nSPS) is 15.6. The third-order valence-corrected chi connectivity index (χ3v) is 3.59. The van der Waals surface area contributed by atoms with Gasteiger partial charge in [0.05, 0.1) is 6.54 Å². The van der Waals surface area contributed by atoms with Crippen molar-refractivity contribution in [1.29, 1.82) is 0 Å². The monoisotopic (exact) mass is 250 g/mol. The van der Waals surface area contributed by atoms with Crippen LogP contribution >= 0.6 is 0 Å². The number of nitrogens with zero attached hydrogens (tertiary/aromatic N) is 1. The fourth-order valence-corrected chi connectivity index (χ4v) is 2.27. The largest absolute Gasteiger partial charge is 0.465 e. The van der Waals surface area contributed by atoms with Gasteiger partial charge in [-0.05, 0) is 45.3 Å². The standard InChI is InChI=1S/C15H26N2O/c1-4-8-17(5-2)11-13-9-15(18-12(13)3)10-16-14-6-7-14/h9,14,16H,4-8,10-11H2,1-3H3. The molecular formula is C15H26N2O. The van der Waals surface area contributed by atoms with Gasteiger partial charge in [-0.15, -0.1) is 0 Å². The van der Waals surface area contributed by atoms with Crippen LogP contribution in [0.25, 0.3) is 0 Å². The second-order valence-corrected chi connectivity index (χ2v) is 5.32. The number of aryl methyl sites for hydroxylation is 1. The minimum Gasteiger partial charge on any atom is -0.465 e. The zero-order chi connectivity index (χ0) is 13.0. The molecule has 0 amide bonds. The predicted molar refractivity (Wildman–Crippen MR) is 74.5 cm³/mol. The SMILES string of the molecule is CCCN(CC)Cc1cc(CNC2CC2)oc1C. The van der Waals surface area contributed by atoms with Gasteiger partial charge in [0.15, 0.2) is 0 Å². The average Bonchev–Trinajstić information content (AvgIpc) is 3.12. The van der Waals surface area contributed by atoms with E-state index < -0.39 is 0 Å².